The van der Waals surface area contributed by atoms with Crippen molar-refractivity contribution in [2.24, 2.45) is 0 Å². The molecular weight excluding hydrogens is 313 g/mol. The molecule has 1 atom stereocenters. The minimum Gasteiger partial charge on any atom is -0.345 e. The molecule has 20 heavy (non-hydrogen) atoms. The van der Waals surface area contributed by atoms with Gasteiger partial charge in [0.05, 0.1) is 34.0 Å². The number of nitrogens with one attached hydrogen (secondary N) is 1. The third-order valence-corrected chi connectivity index (χ3v) is 5.70. The molecule has 1 aromatic rings. The van der Waals surface area contributed by atoms with Gasteiger partial charge in [0.2, 0.25) is 0 Å². The fourth-order valence-electron chi connectivity index (χ4n) is 3.05. The molecule has 2 fully saturated rings. The second kappa shape index (κ2) is 4.60. The van der Waals surface area contributed by atoms with Crippen molar-refractivity contribution in [3.8, 4) is 0 Å². The maximum Gasteiger partial charge on any atom is 0.143 e. The Morgan fingerprint density at radius 2 is 2.05 bits per heavy atom. The standard InChI is InChI=1S/C14H13Cl2N3S/c15-10-3-1-4-11(16)13(10)19-8-17-14-7-20-9-18(14)6-2-5-12(14)19/h1-6,17H,7-9H2. The van der Waals surface area contributed by atoms with Gasteiger partial charge in [0, 0.05) is 12.0 Å². The molecule has 0 saturated carbocycles. The molecule has 0 aliphatic carbocycles. The Morgan fingerprint density at radius 1 is 1.25 bits per heavy atom. The van der Waals surface area contributed by atoms with Crippen LogP contribution in [-0.4, -0.2) is 28.9 Å². The molecule has 4 rings (SSSR count). The normalized spacial score (nSPS) is 27.6. The van der Waals surface area contributed by atoms with Crippen LogP contribution in [0.25, 0.3) is 0 Å². The minimum atomic E-state index is -0.109. The number of hydrogen-bond donors (Lipinski definition) is 1. The summed E-state index contributed by atoms with van der Waals surface area (Å²) in [5.74, 6) is 2.03. The summed E-state index contributed by atoms with van der Waals surface area (Å²) in [6.07, 6.45) is 6.39. The first kappa shape index (κ1) is 12.9. The van der Waals surface area contributed by atoms with Gasteiger partial charge in [-0.2, -0.15) is 0 Å². The molecule has 2 saturated heterocycles. The molecule has 6 heteroatoms. The van der Waals surface area contributed by atoms with Crippen molar-refractivity contribution in [2.45, 2.75) is 5.66 Å². The van der Waals surface area contributed by atoms with Crippen molar-refractivity contribution in [2.75, 3.05) is 23.2 Å². The zero-order valence-electron chi connectivity index (χ0n) is 10.6. The second-order valence-electron chi connectivity index (χ2n) is 5.03. The van der Waals surface area contributed by atoms with E-state index in [4.69, 9.17) is 23.2 Å². The van der Waals surface area contributed by atoms with Gasteiger partial charge in [0.15, 0.2) is 0 Å². The van der Waals surface area contributed by atoms with Crippen molar-refractivity contribution in [1.29, 1.82) is 0 Å². The summed E-state index contributed by atoms with van der Waals surface area (Å²) in [5, 5.41) is 5.00. The Kier molecular flexibility index (Phi) is 2.96. The molecule has 1 aromatic carbocycles. The third kappa shape index (κ3) is 1.65. The van der Waals surface area contributed by atoms with Crippen LogP contribution in [0.1, 0.15) is 0 Å². The highest BCUT2D eigenvalue weighted by Gasteiger charge is 2.51. The van der Waals surface area contributed by atoms with Crippen LogP contribution in [-0.2, 0) is 0 Å². The van der Waals surface area contributed by atoms with Gasteiger partial charge in [-0.3, -0.25) is 5.32 Å². The Bertz CT molecular complexity index is 611. The SMILES string of the molecule is Clc1cccc(Cl)c1N1CNC23CSCN2C=CC=C13. The van der Waals surface area contributed by atoms with E-state index in [1.165, 1.54) is 5.70 Å². The summed E-state index contributed by atoms with van der Waals surface area (Å²) in [5.41, 5.74) is 2.00. The molecule has 3 aliphatic heterocycles. The van der Waals surface area contributed by atoms with Gasteiger partial charge < -0.3 is 9.80 Å². The average Bonchev–Trinajstić information content (AvgIpc) is 3.00. The van der Waals surface area contributed by atoms with E-state index in [0.29, 0.717) is 16.7 Å². The van der Waals surface area contributed by atoms with Crippen molar-refractivity contribution >= 4 is 40.7 Å². The number of allylic oxidation sites excluding steroid dienone is 2. The van der Waals surface area contributed by atoms with Crippen molar-refractivity contribution in [1.82, 2.24) is 10.2 Å². The first-order valence-electron chi connectivity index (χ1n) is 6.42. The fraction of sp³-hybridized carbons (Fsp3) is 0.286. The Labute approximate surface area is 132 Å². The maximum atomic E-state index is 6.36. The van der Waals surface area contributed by atoms with Crippen LogP contribution in [0.5, 0.6) is 0 Å². The highest BCUT2D eigenvalue weighted by Crippen LogP contribution is 2.46. The number of hydrogen-bond acceptors (Lipinski definition) is 4. The third-order valence-electron chi connectivity index (χ3n) is 4.00. The highest BCUT2D eigenvalue weighted by atomic mass is 35.5. The second-order valence-corrected chi connectivity index (χ2v) is 6.80. The van der Waals surface area contributed by atoms with Gasteiger partial charge in [0.25, 0.3) is 0 Å². The predicted octanol–water partition coefficient (Wildman–Crippen LogP) is 3.47. The molecule has 3 nitrogen and oxygen atoms in total. The molecule has 1 spiro atoms. The Balaban J connectivity index is 1.82. The highest BCUT2D eigenvalue weighted by molar-refractivity contribution is 7.99. The molecule has 104 valence electrons. The van der Waals surface area contributed by atoms with E-state index >= 15 is 0 Å². The first-order chi connectivity index (χ1) is 9.72. The predicted molar refractivity (Wildman–Crippen MR) is 86.1 cm³/mol. The summed E-state index contributed by atoms with van der Waals surface area (Å²) >= 11 is 14.7. The number of thioether (sulfide) groups is 1. The zero-order chi connectivity index (χ0) is 13.7. The molecule has 0 aromatic heterocycles. The van der Waals surface area contributed by atoms with Crippen LogP contribution in [0.3, 0.4) is 0 Å². The van der Waals surface area contributed by atoms with E-state index in [-0.39, 0.29) is 5.66 Å². The molecule has 1 N–H and O–H groups in total. The van der Waals surface area contributed by atoms with Gasteiger partial charge in [0.1, 0.15) is 5.66 Å². The van der Waals surface area contributed by atoms with Gasteiger partial charge >= 0.3 is 0 Å². The lowest BCUT2D eigenvalue weighted by molar-refractivity contribution is 0.231. The van der Waals surface area contributed by atoms with E-state index in [9.17, 15) is 0 Å². The van der Waals surface area contributed by atoms with Crippen LogP contribution in [0.4, 0.5) is 5.69 Å². The number of benzene rings is 1. The molecular formula is C14H13Cl2N3S. The summed E-state index contributed by atoms with van der Waals surface area (Å²) in [7, 11) is 0. The number of halogens is 2. The largest absolute Gasteiger partial charge is 0.345 e. The van der Waals surface area contributed by atoms with Crippen LogP contribution in [0.15, 0.2) is 42.2 Å². The van der Waals surface area contributed by atoms with E-state index in [1.807, 2.05) is 30.0 Å². The van der Waals surface area contributed by atoms with Gasteiger partial charge in [-0.05, 0) is 24.3 Å². The topological polar surface area (TPSA) is 18.5 Å². The van der Waals surface area contributed by atoms with Crippen LogP contribution < -0.4 is 10.2 Å². The number of rotatable bonds is 1. The van der Waals surface area contributed by atoms with Crippen molar-refractivity contribution in [3.05, 3.63) is 52.3 Å². The van der Waals surface area contributed by atoms with Crippen molar-refractivity contribution < 1.29 is 0 Å². The molecule has 3 aliphatic rings. The molecule has 0 amide bonds. The Morgan fingerprint density at radius 3 is 2.85 bits per heavy atom. The van der Waals surface area contributed by atoms with Gasteiger partial charge in [-0.25, -0.2) is 0 Å². The average molecular weight is 326 g/mol. The monoisotopic (exact) mass is 325 g/mol. The Hall–Kier alpha value is -0.810. The molecule has 1 unspecified atom stereocenters. The van der Waals surface area contributed by atoms with Crippen LogP contribution >= 0.6 is 35.0 Å². The van der Waals surface area contributed by atoms with E-state index in [2.05, 4.69) is 33.5 Å². The van der Waals surface area contributed by atoms with Crippen LogP contribution in [0, 0.1) is 0 Å². The lowest BCUT2D eigenvalue weighted by Gasteiger charge is -2.37. The van der Waals surface area contributed by atoms with Gasteiger partial charge in [-0.1, -0.05) is 29.3 Å². The lowest BCUT2D eigenvalue weighted by Crippen LogP contribution is -2.53. The quantitative estimate of drug-likeness (QED) is 0.851. The number of nitrogens with zero attached hydrogens (tertiary/aromatic N) is 2. The zero-order valence-corrected chi connectivity index (χ0v) is 13.0. The summed E-state index contributed by atoms with van der Waals surface area (Å²) in [4.78, 5) is 4.53. The van der Waals surface area contributed by atoms with Crippen molar-refractivity contribution in [3.63, 3.8) is 0 Å². The molecule has 3 heterocycles. The maximum absolute atomic E-state index is 6.36. The van der Waals surface area contributed by atoms with Gasteiger partial charge in [-0.15, -0.1) is 11.8 Å². The molecule has 0 radical (unpaired) electrons. The smallest absolute Gasteiger partial charge is 0.143 e. The fourth-order valence-corrected chi connectivity index (χ4v) is 4.96. The summed E-state index contributed by atoms with van der Waals surface area (Å²) in [6.45, 7) is 0.716. The first-order valence-corrected chi connectivity index (χ1v) is 8.33. The van der Waals surface area contributed by atoms with Crippen LogP contribution in [0.2, 0.25) is 10.0 Å². The van der Waals surface area contributed by atoms with E-state index in [1.54, 1.807) is 0 Å². The number of anilines is 1. The minimum absolute atomic E-state index is 0.109. The summed E-state index contributed by atoms with van der Waals surface area (Å²) < 4.78 is 0. The number of para-hydroxylation sites is 1. The van der Waals surface area contributed by atoms with E-state index < -0.39 is 0 Å². The molecule has 0 bridgehead atoms. The van der Waals surface area contributed by atoms with E-state index in [0.717, 1.165) is 17.3 Å². The summed E-state index contributed by atoms with van der Waals surface area (Å²) in [6, 6.07) is 5.64. The lowest BCUT2D eigenvalue weighted by atomic mass is 10.0.